The number of anilines is 1. The molecule has 0 bridgehead atoms. The molecule has 7 nitrogen and oxygen atoms in total. The first kappa shape index (κ1) is 15.9. The zero-order valence-electron chi connectivity index (χ0n) is 11.5. The molecule has 0 spiro atoms. The third-order valence-corrected chi connectivity index (χ3v) is 5.93. The van der Waals surface area contributed by atoms with Crippen LogP contribution < -0.4 is 5.32 Å². The minimum Gasteiger partial charge on any atom is -0.298 e. The summed E-state index contributed by atoms with van der Waals surface area (Å²) in [5.74, 6) is -0.382. The van der Waals surface area contributed by atoms with Crippen LogP contribution in [-0.2, 0) is 22.5 Å². The van der Waals surface area contributed by atoms with E-state index >= 15 is 0 Å². The summed E-state index contributed by atoms with van der Waals surface area (Å²) < 4.78 is 24.2. The number of rotatable bonds is 4. The van der Waals surface area contributed by atoms with E-state index in [9.17, 15) is 13.2 Å². The number of thiazole rings is 1. The molecule has 10 heteroatoms. The minimum absolute atomic E-state index is 0.0682. The molecular weight excluding hydrogens is 336 g/mol. The largest absolute Gasteiger partial charge is 0.298 e. The predicted molar refractivity (Wildman–Crippen MR) is 80.4 cm³/mol. The minimum atomic E-state index is -3.86. The molecule has 0 radical (unpaired) electrons. The highest BCUT2D eigenvalue weighted by atomic mass is 35.7. The molecule has 2 aromatic rings. The molecule has 0 aliphatic carbocycles. The van der Waals surface area contributed by atoms with E-state index in [1.165, 1.54) is 6.92 Å². The first-order chi connectivity index (χ1) is 9.72. The number of nitrogens with zero attached hydrogens (tertiary/aromatic N) is 3. The Labute approximate surface area is 130 Å². The summed E-state index contributed by atoms with van der Waals surface area (Å²) >= 11 is 0.820. The zero-order valence-corrected chi connectivity index (χ0v) is 13.9. The molecule has 2 aromatic heterocycles. The Hall–Kier alpha value is -1.45. The van der Waals surface area contributed by atoms with Crippen LogP contribution in [0.15, 0.2) is 10.4 Å². The van der Waals surface area contributed by atoms with Gasteiger partial charge in [-0.15, -0.1) is 0 Å². The summed E-state index contributed by atoms with van der Waals surface area (Å²) in [5, 5.41) is 6.93. The second-order valence-corrected chi connectivity index (χ2v) is 8.06. The number of carbonyl (C=O) groups excluding carboxylic acids is 1. The second kappa shape index (κ2) is 5.74. The topological polar surface area (TPSA) is 93.9 Å². The highest BCUT2D eigenvalue weighted by Crippen LogP contribution is 2.30. The molecule has 0 aromatic carbocycles. The van der Waals surface area contributed by atoms with E-state index in [-0.39, 0.29) is 20.9 Å². The predicted octanol–water partition coefficient (Wildman–Crippen LogP) is 1.93. The molecule has 21 heavy (non-hydrogen) atoms. The number of aromatic nitrogens is 3. The maximum Gasteiger partial charge on any atom is 0.272 e. The van der Waals surface area contributed by atoms with Crippen molar-refractivity contribution in [3.8, 4) is 0 Å². The Bertz CT molecular complexity index is 794. The average Bonchev–Trinajstić information content (AvgIpc) is 2.91. The van der Waals surface area contributed by atoms with Gasteiger partial charge in [-0.25, -0.2) is 13.4 Å². The molecule has 0 aliphatic rings. The fraction of sp³-hybridized carbons (Fsp3) is 0.364. The van der Waals surface area contributed by atoms with Gasteiger partial charge < -0.3 is 0 Å². The first-order valence-electron chi connectivity index (χ1n) is 5.98. The van der Waals surface area contributed by atoms with Gasteiger partial charge in [-0.2, -0.15) is 5.10 Å². The Balaban J connectivity index is 2.28. The highest BCUT2D eigenvalue weighted by Gasteiger charge is 2.21. The van der Waals surface area contributed by atoms with E-state index in [2.05, 4.69) is 15.4 Å². The van der Waals surface area contributed by atoms with Gasteiger partial charge in [0, 0.05) is 23.9 Å². The van der Waals surface area contributed by atoms with E-state index in [1.807, 2.05) is 6.92 Å². The van der Waals surface area contributed by atoms with Crippen LogP contribution in [0.3, 0.4) is 0 Å². The molecule has 0 saturated heterocycles. The Morgan fingerprint density at radius 2 is 2.19 bits per heavy atom. The van der Waals surface area contributed by atoms with Gasteiger partial charge in [0.15, 0.2) is 9.34 Å². The van der Waals surface area contributed by atoms with Crippen molar-refractivity contribution in [1.29, 1.82) is 0 Å². The molecule has 1 N–H and O–H groups in total. The number of amides is 1. The van der Waals surface area contributed by atoms with Crippen LogP contribution in [0.1, 0.15) is 28.7 Å². The van der Waals surface area contributed by atoms with Crippen molar-refractivity contribution in [3.63, 3.8) is 0 Å². The summed E-state index contributed by atoms with van der Waals surface area (Å²) in [6.45, 7) is 3.41. The van der Waals surface area contributed by atoms with Crippen LogP contribution in [0.2, 0.25) is 0 Å². The number of hydrogen-bond acceptors (Lipinski definition) is 6. The van der Waals surface area contributed by atoms with Crippen LogP contribution in [-0.4, -0.2) is 29.1 Å². The van der Waals surface area contributed by atoms with Crippen molar-refractivity contribution in [2.75, 3.05) is 5.32 Å². The lowest BCUT2D eigenvalue weighted by Gasteiger charge is -2.00. The lowest BCUT2D eigenvalue weighted by Crippen LogP contribution is -2.12. The fourth-order valence-electron chi connectivity index (χ4n) is 1.81. The van der Waals surface area contributed by atoms with Crippen molar-refractivity contribution in [3.05, 3.63) is 23.1 Å². The van der Waals surface area contributed by atoms with Crippen molar-refractivity contribution in [2.45, 2.75) is 24.5 Å². The quantitative estimate of drug-likeness (QED) is 0.852. The molecule has 1 amide bonds. The number of aryl methyl sites for hydroxylation is 3. The molecule has 2 rings (SSSR count). The lowest BCUT2D eigenvalue weighted by molar-refractivity contribution is 0.102. The summed E-state index contributed by atoms with van der Waals surface area (Å²) in [6.07, 6.45) is 2.22. The smallest absolute Gasteiger partial charge is 0.272 e. The third-order valence-electron chi connectivity index (χ3n) is 2.68. The summed E-state index contributed by atoms with van der Waals surface area (Å²) in [6, 6.07) is 0. The Morgan fingerprint density at radius 3 is 2.71 bits per heavy atom. The average molecular weight is 349 g/mol. The Morgan fingerprint density at radius 1 is 1.52 bits per heavy atom. The van der Waals surface area contributed by atoms with E-state index < -0.39 is 9.05 Å². The molecule has 0 saturated carbocycles. The van der Waals surface area contributed by atoms with Crippen LogP contribution in [0.5, 0.6) is 0 Å². The number of nitrogens with one attached hydrogen (secondary N) is 1. The maximum absolute atomic E-state index is 12.2. The van der Waals surface area contributed by atoms with Gasteiger partial charge in [0.05, 0.1) is 17.0 Å². The van der Waals surface area contributed by atoms with Crippen LogP contribution >= 0.6 is 22.0 Å². The molecule has 0 atom stereocenters. The fourth-order valence-corrected chi connectivity index (χ4v) is 4.16. The lowest BCUT2D eigenvalue weighted by atomic mass is 10.2. The first-order valence-corrected chi connectivity index (χ1v) is 9.11. The molecule has 114 valence electrons. The van der Waals surface area contributed by atoms with Crippen molar-refractivity contribution in [2.24, 2.45) is 7.05 Å². The van der Waals surface area contributed by atoms with Gasteiger partial charge in [0.1, 0.15) is 0 Å². The maximum atomic E-state index is 12.2. The van der Waals surface area contributed by atoms with E-state index in [0.29, 0.717) is 17.7 Å². The van der Waals surface area contributed by atoms with E-state index in [1.54, 1.807) is 17.9 Å². The van der Waals surface area contributed by atoms with Crippen molar-refractivity contribution in [1.82, 2.24) is 14.8 Å². The van der Waals surface area contributed by atoms with Gasteiger partial charge in [-0.3, -0.25) is 14.8 Å². The third kappa shape index (κ3) is 3.42. The van der Waals surface area contributed by atoms with E-state index in [4.69, 9.17) is 10.7 Å². The molecule has 0 unspecified atom stereocenters. The van der Waals surface area contributed by atoms with Gasteiger partial charge in [-0.05, 0) is 13.3 Å². The number of halogens is 1. The SMILES string of the molecule is CCc1nn(C)cc1C(=O)Nc1nc(C)c(S(=O)(=O)Cl)s1. The molecular formula is C11H13ClN4O3S2. The normalized spacial score (nSPS) is 11.6. The number of hydrogen-bond donors (Lipinski definition) is 1. The summed E-state index contributed by atoms with van der Waals surface area (Å²) in [4.78, 5) is 16.2. The zero-order chi connectivity index (χ0) is 15.8. The Kier molecular flexibility index (Phi) is 4.35. The molecule has 0 fully saturated rings. The standard InChI is InChI=1S/C11H13ClN4O3S2/c1-4-8-7(5-16(3)15-8)9(17)14-11-13-6(2)10(20-11)21(12,18)19/h5H,4H2,1-3H3,(H,13,14,17). The van der Waals surface area contributed by atoms with Crippen LogP contribution in [0.4, 0.5) is 5.13 Å². The highest BCUT2D eigenvalue weighted by molar-refractivity contribution is 8.15. The van der Waals surface area contributed by atoms with Gasteiger partial charge >= 0.3 is 0 Å². The molecule has 0 aliphatic heterocycles. The monoisotopic (exact) mass is 348 g/mol. The number of carbonyl (C=O) groups is 1. The van der Waals surface area contributed by atoms with Crippen LogP contribution in [0, 0.1) is 6.92 Å². The van der Waals surface area contributed by atoms with E-state index in [0.717, 1.165) is 11.3 Å². The van der Waals surface area contributed by atoms with Gasteiger partial charge in [0.2, 0.25) is 0 Å². The molecule has 2 heterocycles. The second-order valence-electron chi connectivity index (χ2n) is 4.30. The van der Waals surface area contributed by atoms with Gasteiger partial charge in [-0.1, -0.05) is 18.3 Å². The summed E-state index contributed by atoms with van der Waals surface area (Å²) in [5.41, 5.74) is 1.35. The van der Waals surface area contributed by atoms with Gasteiger partial charge in [0.25, 0.3) is 15.0 Å². The summed E-state index contributed by atoms with van der Waals surface area (Å²) in [7, 11) is 3.16. The van der Waals surface area contributed by atoms with Crippen molar-refractivity contribution >= 4 is 42.1 Å². The van der Waals surface area contributed by atoms with Crippen molar-refractivity contribution < 1.29 is 13.2 Å². The van der Waals surface area contributed by atoms with Crippen LogP contribution in [0.25, 0.3) is 0 Å².